The molecule has 6 aliphatic rings. The van der Waals surface area contributed by atoms with Crippen LogP contribution in [0.2, 0.25) is 0 Å². The minimum Gasteiger partial charge on any atom is -0.494 e. The van der Waals surface area contributed by atoms with E-state index in [9.17, 15) is 0 Å². The Morgan fingerprint density at radius 1 is 0.967 bits per heavy atom. The van der Waals surface area contributed by atoms with Crippen LogP contribution in [0.25, 0.3) is 0 Å². The van der Waals surface area contributed by atoms with Crippen LogP contribution in [0.15, 0.2) is 24.3 Å². The van der Waals surface area contributed by atoms with Crippen molar-refractivity contribution < 1.29 is 19.2 Å². The Hall–Kier alpha value is -1.14. The van der Waals surface area contributed by atoms with Gasteiger partial charge in [0.2, 0.25) is 11.6 Å². The third-order valence-corrected chi connectivity index (χ3v) is 8.58. The molecule has 0 radical (unpaired) electrons. The molecule has 164 valence electrons. The Morgan fingerprint density at radius 3 is 2.40 bits per heavy atom. The van der Waals surface area contributed by atoms with Crippen LogP contribution in [0.3, 0.4) is 0 Å². The molecule has 2 spiro atoms. The van der Waals surface area contributed by atoms with Crippen molar-refractivity contribution in [2.24, 2.45) is 29.4 Å². The van der Waals surface area contributed by atoms with Crippen LogP contribution < -0.4 is 10.5 Å². The van der Waals surface area contributed by atoms with E-state index in [1.807, 2.05) is 0 Å². The predicted molar refractivity (Wildman–Crippen MR) is 113 cm³/mol. The summed E-state index contributed by atoms with van der Waals surface area (Å²) in [5, 5.41) is 0. The minimum absolute atomic E-state index is 0.437. The van der Waals surface area contributed by atoms with Crippen molar-refractivity contribution in [3.63, 3.8) is 0 Å². The van der Waals surface area contributed by atoms with Crippen LogP contribution in [0.4, 0.5) is 0 Å². The summed E-state index contributed by atoms with van der Waals surface area (Å²) >= 11 is 0. The van der Waals surface area contributed by atoms with Gasteiger partial charge in [-0.25, -0.2) is 0 Å². The standard InChI is InChI=1S/C25H35NO4/c26-9-2-10-27-23-6-4-19(5-7-23)20-3-1-8-24(16-20)28-25(30-29-24)21-12-17-11-18(14-21)15-22(25)13-17/h4-7,17-18,20-22H,1-3,8-16,26H2/t17?,18?,20?,21?,22?,24-,25?/m1/s1. The minimum atomic E-state index is -0.561. The smallest absolute Gasteiger partial charge is 0.210 e. The van der Waals surface area contributed by atoms with Crippen molar-refractivity contribution in [1.82, 2.24) is 0 Å². The molecule has 1 aromatic rings. The van der Waals surface area contributed by atoms with E-state index >= 15 is 0 Å². The first-order chi connectivity index (χ1) is 14.7. The largest absolute Gasteiger partial charge is 0.494 e. The summed E-state index contributed by atoms with van der Waals surface area (Å²) in [6.45, 7) is 1.34. The van der Waals surface area contributed by atoms with Crippen LogP contribution in [0.5, 0.6) is 5.75 Å². The molecule has 6 fully saturated rings. The second-order valence-electron chi connectivity index (χ2n) is 10.6. The van der Waals surface area contributed by atoms with Crippen molar-refractivity contribution in [1.29, 1.82) is 0 Å². The van der Waals surface area contributed by atoms with Crippen LogP contribution in [0, 0.1) is 23.7 Å². The lowest BCUT2D eigenvalue weighted by Gasteiger charge is -2.57. The van der Waals surface area contributed by atoms with E-state index in [1.165, 1.54) is 44.1 Å². The molecule has 1 aliphatic heterocycles. The van der Waals surface area contributed by atoms with Crippen molar-refractivity contribution in [2.75, 3.05) is 13.2 Å². The monoisotopic (exact) mass is 413 g/mol. The number of ether oxygens (including phenoxy) is 2. The molecule has 30 heavy (non-hydrogen) atoms. The van der Waals surface area contributed by atoms with E-state index < -0.39 is 11.6 Å². The van der Waals surface area contributed by atoms with Gasteiger partial charge in [-0.3, -0.25) is 0 Å². The van der Waals surface area contributed by atoms with Gasteiger partial charge in [0, 0.05) is 24.7 Å². The Balaban J connectivity index is 1.15. The molecule has 4 bridgehead atoms. The number of rotatable bonds is 5. The lowest BCUT2D eigenvalue weighted by atomic mass is 9.53. The van der Waals surface area contributed by atoms with Crippen LogP contribution in [-0.2, 0) is 14.5 Å². The number of hydrogen-bond donors (Lipinski definition) is 1. The zero-order valence-corrected chi connectivity index (χ0v) is 17.9. The molecular formula is C25H35NO4. The first-order valence-corrected chi connectivity index (χ1v) is 12.2. The predicted octanol–water partition coefficient (Wildman–Crippen LogP) is 4.90. The van der Waals surface area contributed by atoms with Gasteiger partial charge in [0.05, 0.1) is 6.61 Å². The topological polar surface area (TPSA) is 62.9 Å². The van der Waals surface area contributed by atoms with Gasteiger partial charge in [-0.1, -0.05) is 12.1 Å². The van der Waals surface area contributed by atoms with E-state index in [4.69, 9.17) is 25.0 Å². The lowest BCUT2D eigenvalue weighted by molar-refractivity contribution is -0.390. The highest BCUT2D eigenvalue weighted by Crippen LogP contribution is 2.64. The van der Waals surface area contributed by atoms with E-state index in [0.29, 0.717) is 30.9 Å². The van der Waals surface area contributed by atoms with E-state index in [1.54, 1.807) is 0 Å². The van der Waals surface area contributed by atoms with Crippen LogP contribution >= 0.6 is 0 Å². The molecule has 5 saturated carbocycles. The fourth-order valence-electron chi connectivity index (χ4n) is 7.37. The first kappa shape index (κ1) is 19.5. The van der Waals surface area contributed by atoms with Gasteiger partial charge >= 0.3 is 0 Å². The molecule has 1 saturated heterocycles. The summed E-state index contributed by atoms with van der Waals surface area (Å²) in [5.74, 6) is 3.18. The van der Waals surface area contributed by atoms with Gasteiger partial charge in [-0.15, -0.1) is 0 Å². The third-order valence-electron chi connectivity index (χ3n) is 8.58. The molecule has 0 aromatic heterocycles. The van der Waals surface area contributed by atoms with Crippen molar-refractivity contribution in [3.05, 3.63) is 29.8 Å². The summed E-state index contributed by atoms with van der Waals surface area (Å²) in [5.41, 5.74) is 6.89. The molecule has 2 atom stereocenters. The maximum atomic E-state index is 6.91. The van der Waals surface area contributed by atoms with Gasteiger partial charge in [0.15, 0.2) is 0 Å². The molecule has 7 rings (SSSR count). The third kappa shape index (κ3) is 3.21. The molecule has 1 unspecified atom stereocenters. The fraction of sp³-hybridized carbons (Fsp3) is 0.760. The van der Waals surface area contributed by atoms with E-state index in [2.05, 4.69) is 24.3 Å². The second kappa shape index (κ2) is 7.47. The van der Waals surface area contributed by atoms with Crippen molar-refractivity contribution in [2.45, 2.75) is 81.7 Å². The summed E-state index contributed by atoms with van der Waals surface area (Å²) in [7, 11) is 0. The lowest BCUT2D eigenvalue weighted by Crippen LogP contribution is -2.59. The zero-order chi connectivity index (χ0) is 20.2. The van der Waals surface area contributed by atoms with E-state index in [-0.39, 0.29) is 0 Å². The second-order valence-corrected chi connectivity index (χ2v) is 10.6. The average Bonchev–Trinajstić information content (AvgIpc) is 3.12. The fourth-order valence-corrected chi connectivity index (χ4v) is 7.37. The highest BCUT2D eigenvalue weighted by Gasteiger charge is 2.67. The molecule has 5 aliphatic carbocycles. The van der Waals surface area contributed by atoms with E-state index in [0.717, 1.165) is 43.3 Å². The zero-order valence-electron chi connectivity index (χ0n) is 17.9. The van der Waals surface area contributed by atoms with Gasteiger partial charge in [-0.05, 0) is 93.4 Å². The van der Waals surface area contributed by atoms with Crippen LogP contribution in [-0.4, -0.2) is 24.7 Å². The Bertz CT molecular complexity index is 737. The Labute approximate surface area is 179 Å². The highest BCUT2D eigenvalue weighted by atomic mass is 17.3. The molecule has 5 heteroatoms. The van der Waals surface area contributed by atoms with Crippen molar-refractivity contribution in [3.8, 4) is 5.75 Å². The summed E-state index contributed by atoms with van der Waals surface area (Å²) < 4.78 is 12.7. The summed E-state index contributed by atoms with van der Waals surface area (Å²) in [6, 6.07) is 8.57. The normalized spacial score (nSPS) is 44.2. The van der Waals surface area contributed by atoms with Gasteiger partial charge in [0.1, 0.15) is 5.75 Å². The number of benzene rings is 1. The molecule has 5 nitrogen and oxygen atoms in total. The van der Waals surface area contributed by atoms with Gasteiger partial charge < -0.3 is 15.2 Å². The Morgan fingerprint density at radius 2 is 1.70 bits per heavy atom. The molecule has 1 aromatic carbocycles. The summed E-state index contributed by atoms with van der Waals surface area (Å²) in [6.07, 6.45) is 11.5. The van der Waals surface area contributed by atoms with Gasteiger partial charge in [-0.2, -0.15) is 9.78 Å². The molecule has 1 heterocycles. The maximum absolute atomic E-state index is 6.91. The highest BCUT2D eigenvalue weighted by molar-refractivity contribution is 5.30. The number of nitrogens with two attached hydrogens (primary N) is 1. The van der Waals surface area contributed by atoms with Crippen molar-refractivity contribution >= 4 is 0 Å². The number of hydrogen-bond acceptors (Lipinski definition) is 5. The quantitative estimate of drug-likeness (QED) is 0.549. The summed E-state index contributed by atoms with van der Waals surface area (Å²) in [4.78, 5) is 12.4. The SMILES string of the molecule is NCCCOc1ccc(C2CCC[C@]3(C2)OOC2(O3)C3CC4CC(C3)CC2C4)cc1. The maximum Gasteiger partial charge on any atom is 0.210 e. The Kier molecular flexibility index (Phi) is 4.87. The van der Waals surface area contributed by atoms with Crippen LogP contribution in [0.1, 0.15) is 75.7 Å². The molecule has 0 amide bonds. The first-order valence-electron chi connectivity index (χ1n) is 12.2. The van der Waals surface area contributed by atoms with Gasteiger partial charge in [0.25, 0.3) is 0 Å². The average molecular weight is 414 g/mol. The molecule has 2 N–H and O–H groups in total. The molecular weight excluding hydrogens is 378 g/mol.